The topological polar surface area (TPSA) is 79.5 Å². The number of nitrogens with one attached hydrogen (secondary N) is 3. The largest absolute Gasteiger partial charge is 0.383 e. The maximum absolute atomic E-state index is 12.7. The van der Waals surface area contributed by atoms with Crippen LogP contribution >= 0.6 is 0 Å². The Morgan fingerprint density at radius 3 is 2.50 bits per heavy atom. The molecule has 0 atom stereocenters. The zero-order valence-electron chi connectivity index (χ0n) is 11.2. The van der Waals surface area contributed by atoms with Crippen molar-refractivity contribution in [3.63, 3.8) is 0 Å². The highest BCUT2D eigenvalue weighted by Gasteiger charge is 2.05. The number of ether oxygens (including phenoxy) is 1. The lowest BCUT2D eigenvalue weighted by atomic mass is 10.3. The van der Waals surface area contributed by atoms with Crippen LogP contribution in [0.15, 0.2) is 24.3 Å². The van der Waals surface area contributed by atoms with E-state index in [0.29, 0.717) is 18.8 Å². The minimum absolute atomic E-state index is 0.118. The van der Waals surface area contributed by atoms with Gasteiger partial charge < -0.3 is 20.7 Å². The van der Waals surface area contributed by atoms with Gasteiger partial charge in [0.15, 0.2) is 0 Å². The molecule has 0 heterocycles. The van der Waals surface area contributed by atoms with Crippen molar-refractivity contribution in [2.45, 2.75) is 0 Å². The van der Waals surface area contributed by atoms with Gasteiger partial charge >= 0.3 is 0 Å². The maximum atomic E-state index is 12.7. The SMILES string of the molecule is COCCNCC(=O)NCC(=O)Nc1ccc(F)cc1. The molecule has 0 fully saturated rings. The molecule has 1 aromatic rings. The van der Waals surface area contributed by atoms with Gasteiger partial charge in [-0.15, -0.1) is 0 Å². The number of carbonyl (C=O) groups is 2. The Kier molecular flexibility index (Phi) is 7.23. The monoisotopic (exact) mass is 283 g/mol. The van der Waals surface area contributed by atoms with Gasteiger partial charge in [-0.05, 0) is 24.3 Å². The molecule has 0 saturated carbocycles. The Morgan fingerprint density at radius 2 is 1.85 bits per heavy atom. The first-order chi connectivity index (χ1) is 9.61. The van der Waals surface area contributed by atoms with Crippen molar-refractivity contribution in [1.29, 1.82) is 0 Å². The number of benzene rings is 1. The standard InChI is InChI=1S/C13H18FN3O3/c1-20-7-6-15-8-12(18)16-9-13(19)17-11-4-2-10(14)3-5-11/h2-5,15H,6-9H2,1H3,(H,16,18)(H,17,19). The van der Waals surface area contributed by atoms with Gasteiger partial charge in [-0.2, -0.15) is 0 Å². The fourth-order valence-corrected chi connectivity index (χ4v) is 1.36. The number of hydrogen-bond donors (Lipinski definition) is 3. The molecule has 6 nitrogen and oxygen atoms in total. The van der Waals surface area contributed by atoms with Gasteiger partial charge in [0.2, 0.25) is 11.8 Å². The van der Waals surface area contributed by atoms with E-state index < -0.39 is 0 Å². The molecule has 0 bridgehead atoms. The lowest BCUT2D eigenvalue weighted by Crippen LogP contribution is -2.39. The third-order valence-electron chi connectivity index (χ3n) is 2.34. The van der Waals surface area contributed by atoms with Crippen LogP contribution in [0.1, 0.15) is 0 Å². The molecule has 2 amide bonds. The van der Waals surface area contributed by atoms with E-state index in [1.807, 2.05) is 0 Å². The van der Waals surface area contributed by atoms with Crippen LogP contribution in [0, 0.1) is 5.82 Å². The lowest BCUT2D eigenvalue weighted by molar-refractivity contribution is -0.123. The Bertz CT molecular complexity index is 437. The highest BCUT2D eigenvalue weighted by molar-refractivity contribution is 5.94. The summed E-state index contributed by atoms with van der Waals surface area (Å²) in [5.74, 6) is -1.03. The van der Waals surface area contributed by atoms with Gasteiger partial charge in [-0.3, -0.25) is 9.59 Å². The molecule has 20 heavy (non-hydrogen) atoms. The third kappa shape index (κ3) is 6.81. The van der Waals surface area contributed by atoms with Crippen LogP contribution in [-0.4, -0.2) is 45.2 Å². The van der Waals surface area contributed by atoms with Gasteiger partial charge in [0, 0.05) is 19.3 Å². The van der Waals surface area contributed by atoms with Crippen LogP contribution in [0.25, 0.3) is 0 Å². The summed E-state index contributed by atoms with van der Waals surface area (Å²) >= 11 is 0. The summed E-state index contributed by atoms with van der Waals surface area (Å²) < 4.78 is 17.5. The predicted octanol–water partition coefficient (Wildman–Crippen LogP) is 0.116. The van der Waals surface area contributed by atoms with E-state index in [-0.39, 0.29) is 30.7 Å². The molecular weight excluding hydrogens is 265 g/mol. The zero-order chi connectivity index (χ0) is 14.8. The van der Waals surface area contributed by atoms with E-state index in [2.05, 4.69) is 16.0 Å². The highest BCUT2D eigenvalue weighted by atomic mass is 19.1. The minimum atomic E-state index is -0.376. The molecule has 0 spiro atoms. The van der Waals surface area contributed by atoms with Gasteiger partial charge in [0.1, 0.15) is 5.82 Å². The second kappa shape index (κ2) is 9.00. The Labute approximate surface area is 116 Å². The average molecular weight is 283 g/mol. The maximum Gasteiger partial charge on any atom is 0.243 e. The van der Waals surface area contributed by atoms with Crippen LogP contribution in [0.2, 0.25) is 0 Å². The summed E-state index contributed by atoms with van der Waals surface area (Å²) in [4.78, 5) is 22.9. The molecule has 7 heteroatoms. The van der Waals surface area contributed by atoms with Crippen molar-refractivity contribution in [2.24, 2.45) is 0 Å². The molecular formula is C13H18FN3O3. The van der Waals surface area contributed by atoms with Gasteiger partial charge in [0.05, 0.1) is 19.7 Å². The first-order valence-corrected chi connectivity index (χ1v) is 6.13. The molecule has 110 valence electrons. The Morgan fingerprint density at radius 1 is 1.15 bits per heavy atom. The van der Waals surface area contributed by atoms with E-state index >= 15 is 0 Å². The Balaban J connectivity index is 2.19. The summed E-state index contributed by atoms with van der Waals surface area (Å²) in [6, 6.07) is 5.38. The molecule has 0 aromatic heterocycles. The van der Waals surface area contributed by atoms with Gasteiger partial charge in [-0.25, -0.2) is 4.39 Å². The summed E-state index contributed by atoms with van der Waals surface area (Å²) in [6.45, 7) is 1.05. The minimum Gasteiger partial charge on any atom is -0.383 e. The lowest BCUT2D eigenvalue weighted by Gasteiger charge is -2.07. The summed E-state index contributed by atoms with van der Waals surface area (Å²) in [6.07, 6.45) is 0. The van der Waals surface area contributed by atoms with Crippen molar-refractivity contribution in [3.05, 3.63) is 30.1 Å². The number of carbonyl (C=O) groups excluding carboxylic acids is 2. The van der Waals surface area contributed by atoms with Crippen molar-refractivity contribution in [3.8, 4) is 0 Å². The van der Waals surface area contributed by atoms with Crippen molar-refractivity contribution < 1.29 is 18.7 Å². The number of hydrogen-bond acceptors (Lipinski definition) is 4. The molecule has 0 aliphatic heterocycles. The van der Waals surface area contributed by atoms with E-state index in [1.165, 1.54) is 24.3 Å². The molecule has 1 aromatic carbocycles. The number of anilines is 1. The van der Waals surface area contributed by atoms with E-state index in [0.717, 1.165) is 0 Å². The normalized spacial score (nSPS) is 10.1. The van der Waals surface area contributed by atoms with Crippen LogP contribution in [0.5, 0.6) is 0 Å². The predicted molar refractivity (Wildman–Crippen MR) is 72.8 cm³/mol. The molecule has 3 N–H and O–H groups in total. The first-order valence-electron chi connectivity index (χ1n) is 6.13. The molecule has 1 rings (SSSR count). The highest BCUT2D eigenvalue weighted by Crippen LogP contribution is 2.07. The zero-order valence-corrected chi connectivity index (χ0v) is 11.2. The average Bonchev–Trinajstić information content (AvgIpc) is 2.44. The number of rotatable bonds is 8. The Hall–Kier alpha value is -1.99. The number of methoxy groups -OCH3 is 1. The fraction of sp³-hybridized carbons (Fsp3) is 0.385. The molecule has 0 radical (unpaired) electrons. The second-order valence-corrected chi connectivity index (χ2v) is 4.00. The summed E-state index contributed by atoms with van der Waals surface area (Å²) in [7, 11) is 1.57. The second-order valence-electron chi connectivity index (χ2n) is 4.00. The van der Waals surface area contributed by atoms with Crippen LogP contribution in [0.4, 0.5) is 10.1 Å². The molecule has 0 saturated heterocycles. The molecule has 0 aliphatic rings. The third-order valence-corrected chi connectivity index (χ3v) is 2.34. The fourth-order valence-electron chi connectivity index (χ4n) is 1.36. The summed E-state index contributed by atoms with van der Waals surface area (Å²) in [5, 5.41) is 7.86. The first kappa shape index (κ1) is 16.1. The van der Waals surface area contributed by atoms with Gasteiger partial charge in [0.25, 0.3) is 0 Å². The van der Waals surface area contributed by atoms with Crippen molar-refractivity contribution >= 4 is 17.5 Å². The van der Waals surface area contributed by atoms with Gasteiger partial charge in [-0.1, -0.05) is 0 Å². The van der Waals surface area contributed by atoms with Crippen LogP contribution in [0.3, 0.4) is 0 Å². The number of halogens is 1. The van der Waals surface area contributed by atoms with Crippen molar-refractivity contribution in [2.75, 3.05) is 38.7 Å². The summed E-state index contributed by atoms with van der Waals surface area (Å²) in [5.41, 5.74) is 0.476. The van der Waals surface area contributed by atoms with E-state index in [9.17, 15) is 14.0 Å². The van der Waals surface area contributed by atoms with Crippen LogP contribution < -0.4 is 16.0 Å². The quantitative estimate of drug-likeness (QED) is 0.592. The van der Waals surface area contributed by atoms with E-state index in [1.54, 1.807) is 7.11 Å². The van der Waals surface area contributed by atoms with Crippen LogP contribution in [-0.2, 0) is 14.3 Å². The molecule has 0 aliphatic carbocycles. The van der Waals surface area contributed by atoms with E-state index in [4.69, 9.17) is 4.74 Å². The van der Waals surface area contributed by atoms with Crippen molar-refractivity contribution in [1.82, 2.24) is 10.6 Å². The molecule has 0 unspecified atom stereocenters. The smallest absolute Gasteiger partial charge is 0.243 e. The number of amides is 2.